The van der Waals surface area contributed by atoms with Crippen molar-refractivity contribution in [2.24, 2.45) is 11.8 Å². The lowest BCUT2D eigenvalue weighted by molar-refractivity contribution is -0.153. The topological polar surface area (TPSA) is 75.6 Å². The molecule has 0 aromatic heterocycles. The molecular weight excluding hydrogens is 339 g/mol. The summed E-state index contributed by atoms with van der Waals surface area (Å²) in [7, 11) is 0. The number of anilines is 1. The van der Waals surface area contributed by atoms with Gasteiger partial charge in [0, 0.05) is 11.6 Å². The van der Waals surface area contributed by atoms with Gasteiger partial charge >= 0.3 is 12.1 Å². The molecule has 2 atom stereocenters. The molecule has 2 N–H and O–H groups in total. The molecule has 1 aromatic rings. The van der Waals surface area contributed by atoms with E-state index in [1.54, 1.807) is 6.92 Å². The number of carbonyl (C=O) groups is 2. The Morgan fingerprint density at radius 2 is 1.96 bits per heavy atom. The Bertz CT molecular complexity index is 645. The molecule has 1 amide bonds. The second-order valence-electron chi connectivity index (χ2n) is 6.27. The van der Waals surface area contributed by atoms with E-state index in [-0.39, 0.29) is 17.6 Å². The summed E-state index contributed by atoms with van der Waals surface area (Å²) in [5.41, 5.74) is 0.911. The van der Waals surface area contributed by atoms with Gasteiger partial charge in [-0.25, -0.2) is 0 Å². The molecule has 1 saturated carbocycles. The van der Waals surface area contributed by atoms with Crippen LogP contribution in [0.4, 0.5) is 18.9 Å². The van der Waals surface area contributed by atoms with Gasteiger partial charge in [-0.15, -0.1) is 0 Å². The van der Waals surface area contributed by atoms with Gasteiger partial charge in [0.2, 0.25) is 5.91 Å². The first kappa shape index (κ1) is 19.1. The van der Waals surface area contributed by atoms with E-state index in [0.717, 1.165) is 0 Å². The van der Waals surface area contributed by atoms with Gasteiger partial charge in [-0.05, 0) is 49.9 Å². The van der Waals surface area contributed by atoms with Gasteiger partial charge in [-0.1, -0.05) is 6.42 Å². The lowest BCUT2D eigenvalue weighted by atomic mass is 9.81. The van der Waals surface area contributed by atoms with E-state index in [9.17, 15) is 22.8 Å². The Kier molecular flexibility index (Phi) is 5.92. The van der Waals surface area contributed by atoms with Crippen molar-refractivity contribution in [2.45, 2.75) is 38.8 Å². The maximum absolute atomic E-state index is 12.3. The average molecular weight is 359 g/mol. The largest absolute Gasteiger partial charge is 0.484 e. The summed E-state index contributed by atoms with van der Waals surface area (Å²) in [5, 5.41) is 11.8. The van der Waals surface area contributed by atoms with Crippen molar-refractivity contribution in [3.8, 4) is 5.75 Å². The van der Waals surface area contributed by atoms with Gasteiger partial charge in [0.1, 0.15) is 5.75 Å². The van der Waals surface area contributed by atoms with Gasteiger partial charge in [0.05, 0.1) is 5.92 Å². The summed E-state index contributed by atoms with van der Waals surface area (Å²) >= 11 is 0. The molecule has 0 heterocycles. The highest BCUT2D eigenvalue weighted by Gasteiger charge is 2.31. The molecule has 0 saturated heterocycles. The number of aliphatic carboxylic acids is 1. The minimum Gasteiger partial charge on any atom is -0.484 e. The van der Waals surface area contributed by atoms with Crippen LogP contribution in [0.15, 0.2) is 18.2 Å². The van der Waals surface area contributed by atoms with E-state index in [0.29, 0.717) is 36.9 Å². The number of aryl methyl sites for hydroxylation is 1. The summed E-state index contributed by atoms with van der Waals surface area (Å²) in [5.74, 6) is -1.95. The minimum absolute atomic E-state index is 0.0962. The number of ether oxygens (including phenoxy) is 1. The number of nitrogens with one attached hydrogen (secondary N) is 1. The molecule has 2 rings (SSSR count). The van der Waals surface area contributed by atoms with Crippen molar-refractivity contribution in [2.75, 3.05) is 11.9 Å². The van der Waals surface area contributed by atoms with Crippen molar-refractivity contribution in [3.63, 3.8) is 0 Å². The van der Waals surface area contributed by atoms with Gasteiger partial charge in [0.25, 0.3) is 0 Å². The van der Waals surface area contributed by atoms with Gasteiger partial charge in [0.15, 0.2) is 6.61 Å². The zero-order chi connectivity index (χ0) is 18.6. The number of rotatable bonds is 5. The standard InChI is InChI=1S/C17H20F3NO4/c1-10-7-13(5-6-14(10)25-9-17(18,19)20)21-15(22)11-3-2-4-12(8-11)16(23)24/h5-7,11-12H,2-4,8-9H2,1H3,(H,21,22)(H,23,24). The summed E-state index contributed by atoms with van der Waals surface area (Å²) in [6.07, 6.45) is -2.24. The molecule has 138 valence electrons. The van der Waals surface area contributed by atoms with Crippen LogP contribution in [0.1, 0.15) is 31.2 Å². The third-order valence-electron chi connectivity index (χ3n) is 4.23. The SMILES string of the molecule is Cc1cc(NC(=O)C2CCCC(C(=O)O)C2)ccc1OCC(F)(F)F. The van der Waals surface area contributed by atoms with Crippen LogP contribution in [0.25, 0.3) is 0 Å². The van der Waals surface area contributed by atoms with E-state index in [1.807, 2.05) is 0 Å². The van der Waals surface area contributed by atoms with Crippen molar-refractivity contribution >= 4 is 17.6 Å². The fourth-order valence-corrected chi connectivity index (χ4v) is 2.95. The summed E-state index contributed by atoms with van der Waals surface area (Å²) in [6.45, 7) is 0.209. The number of alkyl halides is 3. The van der Waals surface area contributed by atoms with Gasteiger partial charge in [-0.3, -0.25) is 9.59 Å². The third-order valence-corrected chi connectivity index (χ3v) is 4.23. The highest BCUT2D eigenvalue weighted by atomic mass is 19.4. The molecule has 1 aliphatic rings. The quantitative estimate of drug-likeness (QED) is 0.839. The number of benzene rings is 1. The number of carboxylic acid groups (broad SMARTS) is 1. The van der Waals surface area contributed by atoms with E-state index in [2.05, 4.69) is 5.32 Å². The fraction of sp³-hybridized carbons (Fsp3) is 0.529. The maximum Gasteiger partial charge on any atom is 0.422 e. The van der Waals surface area contributed by atoms with Gasteiger partial charge in [-0.2, -0.15) is 13.2 Å². The lowest BCUT2D eigenvalue weighted by Crippen LogP contribution is -2.30. The first-order valence-electron chi connectivity index (χ1n) is 7.99. The molecule has 1 aromatic carbocycles. The van der Waals surface area contributed by atoms with Crippen LogP contribution in [0.5, 0.6) is 5.75 Å². The molecule has 8 heteroatoms. The van der Waals surface area contributed by atoms with Crippen molar-refractivity contribution in [1.29, 1.82) is 0 Å². The molecule has 5 nitrogen and oxygen atoms in total. The zero-order valence-electron chi connectivity index (χ0n) is 13.7. The molecule has 0 spiro atoms. The predicted octanol–water partition coefficient (Wildman–Crippen LogP) is 3.77. The molecule has 0 bridgehead atoms. The van der Waals surface area contributed by atoms with Crippen LogP contribution in [0.3, 0.4) is 0 Å². The van der Waals surface area contributed by atoms with Gasteiger partial charge < -0.3 is 15.2 Å². The predicted molar refractivity (Wildman–Crippen MR) is 84.4 cm³/mol. The van der Waals surface area contributed by atoms with E-state index >= 15 is 0 Å². The van der Waals surface area contributed by atoms with Crippen LogP contribution in [0.2, 0.25) is 0 Å². The van der Waals surface area contributed by atoms with E-state index < -0.39 is 24.7 Å². The number of amides is 1. The van der Waals surface area contributed by atoms with Crippen molar-refractivity contribution < 1.29 is 32.6 Å². The van der Waals surface area contributed by atoms with E-state index in [1.165, 1.54) is 18.2 Å². The second kappa shape index (κ2) is 7.76. The van der Waals surface area contributed by atoms with E-state index in [4.69, 9.17) is 9.84 Å². The number of halogens is 3. The zero-order valence-corrected chi connectivity index (χ0v) is 13.7. The lowest BCUT2D eigenvalue weighted by Gasteiger charge is -2.25. The molecule has 25 heavy (non-hydrogen) atoms. The Labute approximate surface area is 143 Å². The first-order valence-corrected chi connectivity index (χ1v) is 7.99. The van der Waals surface area contributed by atoms with Crippen LogP contribution in [-0.2, 0) is 9.59 Å². The molecule has 1 fully saturated rings. The number of carboxylic acids is 1. The summed E-state index contributed by atoms with van der Waals surface area (Å²) < 4.78 is 41.3. The Hall–Kier alpha value is -2.25. The van der Waals surface area contributed by atoms with Crippen molar-refractivity contribution in [1.82, 2.24) is 0 Å². The smallest absolute Gasteiger partial charge is 0.422 e. The van der Waals surface area contributed by atoms with Crippen LogP contribution >= 0.6 is 0 Å². The van der Waals surface area contributed by atoms with Crippen LogP contribution in [0, 0.1) is 18.8 Å². The summed E-state index contributed by atoms with van der Waals surface area (Å²) in [6, 6.07) is 4.37. The average Bonchev–Trinajstić information content (AvgIpc) is 2.53. The van der Waals surface area contributed by atoms with Crippen LogP contribution in [-0.4, -0.2) is 29.8 Å². The Morgan fingerprint density at radius 3 is 2.56 bits per heavy atom. The first-order chi connectivity index (χ1) is 11.7. The monoisotopic (exact) mass is 359 g/mol. The third kappa shape index (κ3) is 5.65. The highest BCUT2D eigenvalue weighted by molar-refractivity contribution is 5.93. The fourth-order valence-electron chi connectivity index (χ4n) is 2.95. The molecule has 1 aliphatic carbocycles. The number of hydrogen-bond donors (Lipinski definition) is 2. The number of carbonyl (C=O) groups excluding carboxylic acids is 1. The molecular formula is C17H20F3NO4. The second-order valence-corrected chi connectivity index (χ2v) is 6.27. The maximum atomic E-state index is 12.3. The number of hydrogen-bond acceptors (Lipinski definition) is 3. The normalized spacial score (nSPS) is 20.8. The molecule has 2 unspecified atom stereocenters. The summed E-state index contributed by atoms with van der Waals surface area (Å²) in [4.78, 5) is 23.4. The van der Waals surface area contributed by atoms with Crippen molar-refractivity contribution in [3.05, 3.63) is 23.8 Å². The minimum atomic E-state index is -4.42. The molecule has 0 radical (unpaired) electrons. The van der Waals surface area contributed by atoms with Crippen LogP contribution < -0.4 is 10.1 Å². The highest BCUT2D eigenvalue weighted by Crippen LogP contribution is 2.31. The molecule has 0 aliphatic heterocycles. The Balaban J connectivity index is 1.97. The Morgan fingerprint density at radius 1 is 1.28 bits per heavy atom.